The van der Waals surface area contributed by atoms with Crippen molar-refractivity contribution >= 4 is 29.7 Å². The van der Waals surface area contributed by atoms with Crippen molar-refractivity contribution in [1.82, 2.24) is 0 Å². The SMILES string of the molecule is CC(=O)OC[C@@H]1[C@@H](OC(C)=O)[C@H](OC(C)=O)[C@]1(OC(C)=O)C(O)OCC1=C(C)C=C2C(=O)[C@@H](C)C3(CC3)C(C)=C21. The zero-order valence-corrected chi connectivity index (χ0v) is 23.8. The topological polar surface area (TPSA) is 152 Å². The lowest BCUT2D eigenvalue weighted by molar-refractivity contribution is -0.350. The second kappa shape index (κ2) is 10.6. The van der Waals surface area contributed by atoms with Crippen LogP contribution in [0.2, 0.25) is 0 Å². The zero-order chi connectivity index (χ0) is 29.7. The highest BCUT2D eigenvalue weighted by Gasteiger charge is 2.73. The number of aliphatic hydroxyl groups excluding tert-OH is 1. The lowest BCUT2D eigenvalue weighted by atomic mass is 9.63. The number of carbonyl (C=O) groups excluding carboxylic acids is 5. The second-order valence-corrected chi connectivity index (χ2v) is 11.1. The van der Waals surface area contributed by atoms with Gasteiger partial charge in [0.05, 0.1) is 12.5 Å². The number of allylic oxidation sites excluding steroid dienone is 4. The van der Waals surface area contributed by atoms with Crippen molar-refractivity contribution < 1.29 is 52.8 Å². The van der Waals surface area contributed by atoms with E-state index in [1.54, 1.807) is 0 Å². The minimum atomic E-state index is -2.06. The summed E-state index contributed by atoms with van der Waals surface area (Å²) in [6.45, 7) is 9.76. The number of hydrogen-bond donors (Lipinski definition) is 1. The summed E-state index contributed by atoms with van der Waals surface area (Å²) in [5.41, 5.74) is 1.82. The first-order chi connectivity index (χ1) is 18.7. The summed E-state index contributed by atoms with van der Waals surface area (Å²) in [6, 6.07) is 0. The fourth-order valence-corrected chi connectivity index (χ4v) is 6.52. The molecule has 40 heavy (non-hydrogen) atoms. The number of fused-ring (bicyclic) bond motifs is 1. The molecule has 2 fully saturated rings. The lowest BCUT2D eigenvalue weighted by Crippen LogP contribution is -2.79. The highest BCUT2D eigenvalue weighted by Crippen LogP contribution is 2.63. The Balaban J connectivity index is 1.67. The van der Waals surface area contributed by atoms with Crippen LogP contribution in [0.25, 0.3) is 0 Å². The Labute approximate surface area is 232 Å². The number of rotatable bonds is 9. The van der Waals surface area contributed by atoms with Crippen molar-refractivity contribution in [2.45, 2.75) is 85.4 Å². The van der Waals surface area contributed by atoms with Crippen LogP contribution in [0, 0.1) is 17.3 Å². The van der Waals surface area contributed by atoms with Gasteiger partial charge in [0.25, 0.3) is 0 Å². The van der Waals surface area contributed by atoms with Crippen LogP contribution < -0.4 is 0 Å². The Morgan fingerprint density at radius 2 is 1.62 bits per heavy atom. The molecule has 0 heterocycles. The van der Waals surface area contributed by atoms with Crippen molar-refractivity contribution in [2.24, 2.45) is 17.3 Å². The first-order valence-corrected chi connectivity index (χ1v) is 13.3. The summed E-state index contributed by atoms with van der Waals surface area (Å²) in [6.07, 6.45) is -0.873. The summed E-state index contributed by atoms with van der Waals surface area (Å²) < 4.78 is 27.4. The molecular formula is C29H36O11. The fraction of sp³-hybridized carbons (Fsp3) is 0.621. The Kier molecular flexibility index (Phi) is 7.85. The van der Waals surface area contributed by atoms with Crippen LogP contribution in [-0.4, -0.2) is 72.1 Å². The van der Waals surface area contributed by atoms with Gasteiger partial charge in [0.15, 0.2) is 24.3 Å². The number of ketones is 1. The van der Waals surface area contributed by atoms with Crippen LogP contribution in [-0.2, 0) is 47.7 Å². The van der Waals surface area contributed by atoms with Crippen LogP contribution in [0.5, 0.6) is 0 Å². The molecule has 4 rings (SSSR count). The molecule has 1 N–H and O–H groups in total. The first kappa shape index (κ1) is 29.7. The van der Waals surface area contributed by atoms with Crippen LogP contribution in [0.1, 0.15) is 61.3 Å². The van der Waals surface area contributed by atoms with E-state index in [-0.39, 0.29) is 23.7 Å². The Hall–Kier alpha value is -3.31. The third-order valence-electron chi connectivity index (χ3n) is 8.68. The maximum Gasteiger partial charge on any atom is 0.303 e. The van der Waals surface area contributed by atoms with Crippen LogP contribution in [0.3, 0.4) is 0 Å². The molecule has 0 bridgehead atoms. The highest BCUT2D eigenvalue weighted by molar-refractivity contribution is 6.07. The van der Waals surface area contributed by atoms with Gasteiger partial charge in [0.1, 0.15) is 6.61 Å². The molecule has 11 heteroatoms. The predicted molar refractivity (Wildman–Crippen MR) is 137 cm³/mol. The van der Waals surface area contributed by atoms with Gasteiger partial charge < -0.3 is 28.8 Å². The molecule has 0 radical (unpaired) electrons. The molecule has 4 aliphatic carbocycles. The molecule has 0 saturated heterocycles. The summed E-state index contributed by atoms with van der Waals surface area (Å²) in [7, 11) is 0. The van der Waals surface area contributed by atoms with Gasteiger partial charge in [-0.2, -0.15) is 0 Å². The summed E-state index contributed by atoms with van der Waals surface area (Å²) in [5.74, 6) is -4.18. The standard InChI is InChI=1S/C29H36O11/c1-13-10-20-23(14(2)28(8-9-28)15(3)24(20)34)21(13)11-37-27(35)29(40-19(7)33)22(12-36-16(4)30)25(38-17(5)31)26(29)39-18(6)32/h10,15,22,25-27,35H,8-9,11-12H2,1-7H3/t15-,22-,25-,26+,27?,29+/m1/s1. The summed E-state index contributed by atoms with van der Waals surface area (Å²) in [5, 5.41) is 11.5. The average molecular weight is 561 g/mol. The molecule has 0 aliphatic heterocycles. The van der Waals surface area contributed by atoms with Crippen LogP contribution in [0.4, 0.5) is 0 Å². The Morgan fingerprint density at radius 1 is 1.00 bits per heavy atom. The lowest BCUT2D eigenvalue weighted by Gasteiger charge is -2.57. The molecule has 11 nitrogen and oxygen atoms in total. The molecule has 4 aliphatic rings. The summed E-state index contributed by atoms with van der Waals surface area (Å²) >= 11 is 0. The second-order valence-electron chi connectivity index (χ2n) is 11.1. The summed E-state index contributed by atoms with van der Waals surface area (Å²) in [4.78, 5) is 61.0. The van der Waals surface area contributed by atoms with Gasteiger partial charge >= 0.3 is 23.9 Å². The van der Waals surface area contributed by atoms with Crippen molar-refractivity contribution in [2.75, 3.05) is 13.2 Å². The number of ether oxygens (including phenoxy) is 5. The number of carbonyl (C=O) groups is 5. The van der Waals surface area contributed by atoms with E-state index in [2.05, 4.69) is 0 Å². The largest absolute Gasteiger partial charge is 0.465 e. The number of Topliss-reactive ketones (excluding diaryl/α,β-unsaturated/α-hetero) is 1. The van der Waals surface area contributed by atoms with E-state index in [0.717, 1.165) is 50.3 Å². The van der Waals surface area contributed by atoms with E-state index in [4.69, 9.17) is 23.7 Å². The molecule has 0 amide bonds. The maximum atomic E-state index is 13.2. The van der Waals surface area contributed by atoms with E-state index >= 15 is 0 Å². The minimum Gasteiger partial charge on any atom is -0.465 e. The molecule has 0 aromatic heterocycles. The van der Waals surface area contributed by atoms with Crippen LogP contribution >= 0.6 is 0 Å². The molecule has 0 aromatic rings. The molecule has 0 aromatic carbocycles. The maximum absolute atomic E-state index is 13.2. The van der Waals surface area contributed by atoms with Crippen LogP contribution in [0.15, 0.2) is 33.9 Å². The third-order valence-corrected chi connectivity index (χ3v) is 8.68. The number of hydrogen-bond acceptors (Lipinski definition) is 11. The molecule has 2 saturated carbocycles. The predicted octanol–water partition coefficient (Wildman–Crippen LogP) is 2.25. The molecular weight excluding hydrogens is 524 g/mol. The van der Waals surface area contributed by atoms with Gasteiger partial charge in [-0.05, 0) is 49.5 Å². The monoisotopic (exact) mass is 560 g/mol. The van der Waals surface area contributed by atoms with E-state index in [0.29, 0.717) is 11.1 Å². The number of esters is 4. The Bertz CT molecular complexity index is 1250. The average Bonchev–Trinajstić information content (AvgIpc) is 3.59. The minimum absolute atomic E-state index is 0.0731. The van der Waals surface area contributed by atoms with Crippen molar-refractivity contribution in [1.29, 1.82) is 0 Å². The van der Waals surface area contributed by atoms with Gasteiger partial charge in [-0.15, -0.1) is 0 Å². The highest BCUT2D eigenvalue weighted by atomic mass is 16.7. The molecule has 1 unspecified atom stereocenters. The van der Waals surface area contributed by atoms with Gasteiger partial charge in [0.2, 0.25) is 5.60 Å². The molecule has 1 spiro atoms. The molecule has 218 valence electrons. The van der Waals surface area contributed by atoms with Gasteiger partial charge in [-0.3, -0.25) is 24.0 Å². The van der Waals surface area contributed by atoms with E-state index < -0.39 is 60.5 Å². The zero-order valence-electron chi connectivity index (χ0n) is 23.8. The van der Waals surface area contributed by atoms with Gasteiger partial charge in [-0.1, -0.05) is 12.5 Å². The van der Waals surface area contributed by atoms with Gasteiger partial charge in [-0.25, -0.2) is 0 Å². The Morgan fingerprint density at radius 3 is 2.15 bits per heavy atom. The van der Waals surface area contributed by atoms with Crippen molar-refractivity contribution in [3.05, 3.63) is 33.9 Å². The van der Waals surface area contributed by atoms with Gasteiger partial charge in [0, 0.05) is 44.6 Å². The quantitative estimate of drug-likeness (QED) is 0.251. The third kappa shape index (κ3) is 4.79. The first-order valence-electron chi connectivity index (χ1n) is 13.3. The smallest absolute Gasteiger partial charge is 0.303 e. The van der Waals surface area contributed by atoms with E-state index in [9.17, 15) is 29.1 Å². The van der Waals surface area contributed by atoms with E-state index in [1.807, 2.05) is 26.8 Å². The normalized spacial score (nSPS) is 30.7. The fourth-order valence-electron chi connectivity index (χ4n) is 6.52. The molecule has 6 atom stereocenters. The van der Waals surface area contributed by atoms with Crippen molar-refractivity contribution in [3.63, 3.8) is 0 Å². The van der Waals surface area contributed by atoms with E-state index in [1.165, 1.54) is 6.92 Å². The number of aliphatic hydroxyl groups is 1. The van der Waals surface area contributed by atoms with Crippen molar-refractivity contribution in [3.8, 4) is 0 Å².